The lowest BCUT2D eigenvalue weighted by atomic mass is 10.2. The Morgan fingerprint density at radius 1 is 1.11 bits per heavy atom. The molecule has 2 rings (SSSR count). The molecule has 0 aliphatic carbocycles. The van der Waals surface area contributed by atoms with Crippen molar-refractivity contribution < 1.29 is 19.2 Å². The van der Waals surface area contributed by atoms with Gasteiger partial charge in [0.15, 0.2) is 12.6 Å². The number of carbonyl (C=O) groups is 2. The Balaban J connectivity index is 1.93. The van der Waals surface area contributed by atoms with E-state index in [4.69, 9.17) is 16.3 Å². The maximum Gasteiger partial charge on any atom is 0.282 e. The first-order chi connectivity index (χ1) is 12.9. The SMILES string of the molecule is CC[NH+](CC(=O)Nc1ccc(OC)cc1)[C@@H](C)C(=O)Nc1cccc(Cl)c1. The average molecular weight is 391 g/mol. The number of anilines is 2. The van der Waals surface area contributed by atoms with E-state index in [9.17, 15) is 9.59 Å². The van der Waals surface area contributed by atoms with Crippen molar-refractivity contribution in [3.05, 3.63) is 53.6 Å². The van der Waals surface area contributed by atoms with Gasteiger partial charge in [0.05, 0.1) is 13.7 Å². The molecule has 2 atom stereocenters. The lowest BCUT2D eigenvalue weighted by Crippen LogP contribution is -3.17. The van der Waals surface area contributed by atoms with Gasteiger partial charge in [0.1, 0.15) is 5.75 Å². The number of rotatable bonds is 8. The average Bonchev–Trinajstić information content (AvgIpc) is 2.66. The second-order valence-corrected chi connectivity index (χ2v) is 6.62. The summed E-state index contributed by atoms with van der Waals surface area (Å²) >= 11 is 5.95. The molecule has 0 saturated carbocycles. The molecule has 0 bridgehead atoms. The van der Waals surface area contributed by atoms with Gasteiger partial charge in [-0.15, -0.1) is 0 Å². The number of amides is 2. The van der Waals surface area contributed by atoms with Gasteiger partial charge in [-0.05, 0) is 56.3 Å². The Kier molecular flexibility index (Phi) is 7.64. The summed E-state index contributed by atoms with van der Waals surface area (Å²) in [5.74, 6) is 0.408. The van der Waals surface area contributed by atoms with Crippen LogP contribution in [0.25, 0.3) is 0 Å². The van der Waals surface area contributed by atoms with Gasteiger partial charge in [-0.25, -0.2) is 0 Å². The second-order valence-electron chi connectivity index (χ2n) is 6.19. The molecular formula is C20H25ClN3O3+. The molecular weight excluding hydrogens is 366 g/mol. The Hall–Kier alpha value is -2.57. The molecule has 144 valence electrons. The van der Waals surface area contributed by atoms with Gasteiger partial charge in [-0.1, -0.05) is 17.7 Å². The first-order valence-corrected chi connectivity index (χ1v) is 9.15. The van der Waals surface area contributed by atoms with E-state index in [1.165, 1.54) is 0 Å². The Bertz CT molecular complexity index is 780. The zero-order valence-corrected chi connectivity index (χ0v) is 16.5. The fourth-order valence-electron chi connectivity index (χ4n) is 2.67. The van der Waals surface area contributed by atoms with E-state index >= 15 is 0 Å². The van der Waals surface area contributed by atoms with Crippen molar-refractivity contribution in [3.8, 4) is 5.75 Å². The Labute approximate surface area is 164 Å². The van der Waals surface area contributed by atoms with Crippen LogP contribution < -0.4 is 20.3 Å². The third kappa shape index (κ3) is 6.27. The molecule has 0 spiro atoms. The summed E-state index contributed by atoms with van der Waals surface area (Å²) in [6.07, 6.45) is 0. The van der Waals surface area contributed by atoms with Gasteiger partial charge in [0.25, 0.3) is 11.8 Å². The molecule has 2 amide bonds. The Morgan fingerprint density at radius 2 is 1.81 bits per heavy atom. The second kappa shape index (κ2) is 9.94. The number of methoxy groups -OCH3 is 1. The molecule has 3 N–H and O–H groups in total. The van der Waals surface area contributed by atoms with Crippen molar-refractivity contribution in [1.29, 1.82) is 0 Å². The summed E-state index contributed by atoms with van der Waals surface area (Å²) in [7, 11) is 1.59. The van der Waals surface area contributed by atoms with Gasteiger partial charge in [0, 0.05) is 16.4 Å². The molecule has 0 fully saturated rings. The molecule has 6 nitrogen and oxygen atoms in total. The van der Waals surface area contributed by atoms with Crippen LogP contribution >= 0.6 is 11.6 Å². The van der Waals surface area contributed by atoms with E-state index in [0.717, 1.165) is 10.6 Å². The number of halogens is 1. The zero-order chi connectivity index (χ0) is 19.8. The first-order valence-electron chi connectivity index (χ1n) is 8.77. The summed E-state index contributed by atoms with van der Waals surface area (Å²) in [6.45, 7) is 4.57. The minimum absolute atomic E-state index is 0.153. The summed E-state index contributed by atoms with van der Waals surface area (Å²) in [4.78, 5) is 25.7. The number of hydrogen-bond donors (Lipinski definition) is 3. The molecule has 0 aliphatic rings. The molecule has 0 aliphatic heterocycles. The lowest BCUT2D eigenvalue weighted by Gasteiger charge is -2.23. The van der Waals surface area contributed by atoms with Gasteiger partial charge in [-0.3, -0.25) is 9.59 Å². The number of nitrogens with one attached hydrogen (secondary N) is 3. The van der Waals surface area contributed by atoms with Crippen LogP contribution in [0.1, 0.15) is 13.8 Å². The van der Waals surface area contributed by atoms with Gasteiger partial charge >= 0.3 is 0 Å². The quantitative estimate of drug-likeness (QED) is 0.647. The van der Waals surface area contributed by atoms with E-state index in [1.54, 1.807) is 62.6 Å². The normalized spacial score (nSPS) is 12.7. The summed E-state index contributed by atoms with van der Waals surface area (Å²) < 4.78 is 5.10. The molecule has 0 saturated heterocycles. The highest BCUT2D eigenvalue weighted by molar-refractivity contribution is 6.30. The van der Waals surface area contributed by atoms with Crippen molar-refractivity contribution in [1.82, 2.24) is 0 Å². The maximum atomic E-state index is 12.5. The van der Waals surface area contributed by atoms with E-state index in [0.29, 0.717) is 22.9 Å². The van der Waals surface area contributed by atoms with Gasteiger partial charge < -0.3 is 20.3 Å². The van der Waals surface area contributed by atoms with Crippen LogP contribution in [0.5, 0.6) is 5.75 Å². The van der Waals surface area contributed by atoms with E-state index in [2.05, 4.69) is 10.6 Å². The number of benzene rings is 2. The van der Waals surface area contributed by atoms with Crippen LogP contribution in [0.15, 0.2) is 48.5 Å². The highest BCUT2D eigenvalue weighted by atomic mass is 35.5. The van der Waals surface area contributed by atoms with Crippen molar-refractivity contribution >= 4 is 34.8 Å². The van der Waals surface area contributed by atoms with Crippen LogP contribution in [0, 0.1) is 0 Å². The molecule has 27 heavy (non-hydrogen) atoms. The van der Waals surface area contributed by atoms with Crippen LogP contribution in [-0.2, 0) is 9.59 Å². The van der Waals surface area contributed by atoms with E-state index < -0.39 is 6.04 Å². The molecule has 0 heterocycles. The molecule has 7 heteroatoms. The van der Waals surface area contributed by atoms with Gasteiger partial charge in [0.2, 0.25) is 0 Å². The summed E-state index contributed by atoms with van der Waals surface area (Å²) in [6, 6.07) is 13.7. The highest BCUT2D eigenvalue weighted by Crippen LogP contribution is 2.15. The molecule has 0 aromatic heterocycles. The number of likely N-dealkylation sites (N-methyl/N-ethyl adjacent to an activating group) is 1. The smallest absolute Gasteiger partial charge is 0.282 e. The summed E-state index contributed by atoms with van der Waals surface area (Å²) in [5.41, 5.74) is 1.32. The number of carbonyl (C=O) groups excluding carboxylic acids is 2. The van der Waals surface area contributed by atoms with Crippen LogP contribution in [0.3, 0.4) is 0 Å². The number of ether oxygens (including phenoxy) is 1. The van der Waals surface area contributed by atoms with Crippen LogP contribution in [0.2, 0.25) is 5.02 Å². The third-order valence-electron chi connectivity index (χ3n) is 4.31. The lowest BCUT2D eigenvalue weighted by molar-refractivity contribution is -0.904. The fraction of sp³-hybridized carbons (Fsp3) is 0.300. The minimum Gasteiger partial charge on any atom is -0.497 e. The van der Waals surface area contributed by atoms with Crippen molar-refractivity contribution in [2.24, 2.45) is 0 Å². The van der Waals surface area contributed by atoms with Crippen molar-refractivity contribution in [3.63, 3.8) is 0 Å². The largest absolute Gasteiger partial charge is 0.497 e. The monoisotopic (exact) mass is 390 g/mol. The molecule has 2 aromatic rings. The number of hydrogen-bond acceptors (Lipinski definition) is 3. The number of quaternary nitrogens is 1. The Morgan fingerprint density at radius 3 is 2.41 bits per heavy atom. The van der Waals surface area contributed by atoms with Crippen molar-refractivity contribution in [2.45, 2.75) is 19.9 Å². The predicted molar refractivity (Wildman–Crippen MR) is 108 cm³/mol. The standard InChI is InChI=1S/C20H24ClN3O3/c1-4-24(13-19(25)22-16-8-10-18(27-3)11-9-16)14(2)20(26)23-17-7-5-6-15(21)12-17/h5-12,14H,4,13H2,1-3H3,(H,22,25)(H,23,26)/p+1/t14-/m0/s1. The molecule has 2 aromatic carbocycles. The minimum atomic E-state index is -0.393. The third-order valence-corrected chi connectivity index (χ3v) is 4.55. The topological polar surface area (TPSA) is 71.9 Å². The molecule has 0 radical (unpaired) electrons. The maximum absolute atomic E-state index is 12.5. The molecule has 1 unspecified atom stereocenters. The zero-order valence-electron chi connectivity index (χ0n) is 15.7. The summed E-state index contributed by atoms with van der Waals surface area (Å²) in [5, 5.41) is 6.24. The van der Waals surface area contributed by atoms with Crippen LogP contribution in [-0.4, -0.2) is 38.1 Å². The van der Waals surface area contributed by atoms with E-state index in [1.807, 2.05) is 6.92 Å². The van der Waals surface area contributed by atoms with Crippen LogP contribution in [0.4, 0.5) is 11.4 Å². The fourth-order valence-corrected chi connectivity index (χ4v) is 2.86. The van der Waals surface area contributed by atoms with E-state index in [-0.39, 0.29) is 18.4 Å². The van der Waals surface area contributed by atoms with Gasteiger partial charge in [-0.2, -0.15) is 0 Å². The highest BCUT2D eigenvalue weighted by Gasteiger charge is 2.26. The first kappa shape index (κ1) is 20.7. The predicted octanol–water partition coefficient (Wildman–Crippen LogP) is 2.22. The van der Waals surface area contributed by atoms with Crippen molar-refractivity contribution in [2.75, 3.05) is 30.8 Å².